The molecule has 0 spiro atoms. The summed E-state index contributed by atoms with van der Waals surface area (Å²) in [6, 6.07) is 0.668. The third-order valence-electron chi connectivity index (χ3n) is 6.35. The zero-order valence-electron chi connectivity index (χ0n) is 15.8. The Labute approximate surface area is 155 Å². The van der Waals surface area contributed by atoms with E-state index in [-0.39, 0.29) is 17.4 Å². The van der Waals surface area contributed by atoms with E-state index >= 15 is 0 Å². The molecule has 2 aliphatic heterocycles. The number of hydrogen-bond acceptors (Lipinski definition) is 4. The van der Waals surface area contributed by atoms with Gasteiger partial charge in [0.05, 0.1) is 5.69 Å². The average molecular weight is 358 g/mol. The van der Waals surface area contributed by atoms with Crippen molar-refractivity contribution in [1.82, 2.24) is 19.8 Å². The van der Waals surface area contributed by atoms with E-state index in [1.165, 1.54) is 25.7 Å². The van der Waals surface area contributed by atoms with Gasteiger partial charge in [0, 0.05) is 50.1 Å². The third-order valence-corrected chi connectivity index (χ3v) is 6.35. The summed E-state index contributed by atoms with van der Waals surface area (Å²) < 4.78 is 0. The summed E-state index contributed by atoms with van der Waals surface area (Å²) in [5, 5.41) is 0. The molecule has 1 N–H and O–H groups in total. The second-order valence-electron chi connectivity index (χ2n) is 8.11. The number of nitrogens with zero attached hydrogens (tertiary/aromatic N) is 3. The van der Waals surface area contributed by atoms with E-state index in [9.17, 15) is 9.59 Å². The Hall–Kier alpha value is -1.69. The molecule has 2 fully saturated rings. The van der Waals surface area contributed by atoms with Gasteiger partial charge in [-0.2, -0.15) is 0 Å². The second-order valence-corrected chi connectivity index (χ2v) is 8.11. The normalized spacial score (nSPS) is 24.2. The first-order chi connectivity index (χ1) is 12.7. The predicted octanol–water partition coefficient (Wildman–Crippen LogP) is 2.19. The molecule has 3 heterocycles. The van der Waals surface area contributed by atoms with Gasteiger partial charge in [-0.3, -0.25) is 14.5 Å². The van der Waals surface area contributed by atoms with Crippen LogP contribution in [0.3, 0.4) is 0 Å². The van der Waals surface area contributed by atoms with Crippen molar-refractivity contribution in [2.75, 3.05) is 19.6 Å². The summed E-state index contributed by atoms with van der Waals surface area (Å²) in [7, 11) is 0. The SMILES string of the molecule is CCCC(=O)N1CC[C@@H](c2nc3c(c(=O)[nH]2)CCN(C2CCCC2)C3)C1. The number of nitrogens with one attached hydrogen (secondary N) is 1. The van der Waals surface area contributed by atoms with Crippen LogP contribution in [0, 0.1) is 0 Å². The summed E-state index contributed by atoms with van der Waals surface area (Å²) in [5.41, 5.74) is 1.88. The Kier molecular flexibility index (Phi) is 5.11. The molecule has 1 saturated carbocycles. The summed E-state index contributed by atoms with van der Waals surface area (Å²) in [6.07, 6.45) is 8.40. The van der Waals surface area contributed by atoms with Crippen LogP contribution >= 0.6 is 0 Å². The number of aromatic amines is 1. The topological polar surface area (TPSA) is 69.3 Å². The maximum Gasteiger partial charge on any atom is 0.254 e. The number of carbonyl (C=O) groups excluding carboxylic acids is 1. The molecule has 1 aromatic heterocycles. The van der Waals surface area contributed by atoms with Gasteiger partial charge in [0.25, 0.3) is 5.56 Å². The van der Waals surface area contributed by atoms with Crippen LogP contribution in [-0.2, 0) is 17.8 Å². The van der Waals surface area contributed by atoms with Gasteiger partial charge >= 0.3 is 0 Å². The largest absolute Gasteiger partial charge is 0.342 e. The molecular formula is C20H30N4O2. The van der Waals surface area contributed by atoms with E-state index in [0.29, 0.717) is 19.0 Å². The number of carbonyl (C=O) groups is 1. The predicted molar refractivity (Wildman–Crippen MR) is 100 cm³/mol. The summed E-state index contributed by atoms with van der Waals surface area (Å²) in [5.74, 6) is 1.17. The van der Waals surface area contributed by atoms with Gasteiger partial charge in [-0.25, -0.2) is 4.98 Å². The molecule has 6 nitrogen and oxygen atoms in total. The van der Waals surface area contributed by atoms with Gasteiger partial charge < -0.3 is 9.88 Å². The highest BCUT2D eigenvalue weighted by molar-refractivity contribution is 5.76. The van der Waals surface area contributed by atoms with Crippen molar-refractivity contribution in [3.8, 4) is 0 Å². The zero-order valence-corrected chi connectivity index (χ0v) is 15.8. The van der Waals surface area contributed by atoms with Crippen LogP contribution in [0.4, 0.5) is 0 Å². The van der Waals surface area contributed by atoms with Gasteiger partial charge in [0.1, 0.15) is 5.82 Å². The smallest absolute Gasteiger partial charge is 0.254 e. The Morgan fingerprint density at radius 3 is 2.81 bits per heavy atom. The van der Waals surface area contributed by atoms with Crippen LogP contribution in [0.15, 0.2) is 4.79 Å². The molecule has 0 radical (unpaired) electrons. The number of hydrogen-bond donors (Lipinski definition) is 1. The van der Waals surface area contributed by atoms with E-state index in [1.807, 2.05) is 11.8 Å². The molecule has 0 aromatic carbocycles. The molecule has 0 bridgehead atoms. The Bertz CT molecular complexity index is 723. The summed E-state index contributed by atoms with van der Waals surface area (Å²) in [6.45, 7) is 5.28. The van der Waals surface area contributed by atoms with Gasteiger partial charge in [-0.1, -0.05) is 19.8 Å². The Balaban J connectivity index is 1.51. The molecule has 6 heteroatoms. The van der Waals surface area contributed by atoms with Crippen LogP contribution in [0.2, 0.25) is 0 Å². The van der Waals surface area contributed by atoms with Gasteiger partial charge in [-0.05, 0) is 32.1 Å². The van der Waals surface area contributed by atoms with Crippen molar-refractivity contribution >= 4 is 5.91 Å². The maximum absolute atomic E-state index is 12.6. The molecule has 1 atom stereocenters. The average Bonchev–Trinajstić information content (AvgIpc) is 3.33. The number of amides is 1. The van der Waals surface area contributed by atoms with Crippen LogP contribution in [0.1, 0.15) is 74.9 Å². The summed E-state index contributed by atoms with van der Waals surface area (Å²) in [4.78, 5) is 37.1. The zero-order chi connectivity index (χ0) is 18.1. The molecule has 4 rings (SSSR count). The van der Waals surface area contributed by atoms with Crippen LogP contribution in [0.25, 0.3) is 0 Å². The first kappa shape index (κ1) is 17.7. The molecule has 26 heavy (non-hydrogen) atoms. The lowest BCUT2D eigenvalue weighted by atomic mass is 10.0. The molecule has 1 saturated heterocycles. The quantitative estimate of drug-likeness (QED) is 0.896. The lowest BCUT2D eigenvalue weighted by molar-refractivity contribution is -0.130. The fourth-order valence-corrected chi connectivity index (χ4v) is 4.84. The Morgan fingerprint density at radius 1 is 1.23 bits per heavy atom. The highest BCUT2D eigenvalue weighted by atomic mass is 16.2. The van der Waals surface area contributed by atoms with Gasteiger partial charge in [0.2, 0.25) is 5.91 Å². The van der Waals surface area contributed by atoms with Crippen molar-refractivity contribution in [1.29, 1.82) is 0 Å². The highest BCUT2D eigenvalue weighted by Crippen LogP contribution is 2.29. The van der Waals surface area contributed by atoms with E-state index < -0.39 is 0 Å². The minimum Gasteiger partial charge on any atom is -0.342 e. The summed E-state index contributed by atoms with van der Waals surface area (Å²) >= 11 is 0. The monoisotopic (exact) mass is 358 g/mol. The van der Waals surface area contributed by atoms with Crippen molar-refractivity contribution < 1.29 is 4.79 Å². The minimum absolute atomic E-state index is 0.0365. The Morgan fingerprint density at radius 2 is 2.04 bits per heavy atom. The molecular weight excluding hydrogens is 328 g/mol. The van der Waals surface area contributed by atoms with Crippen molar-refractivity contribution in [3.05, 3.63) is 27.4 Å². The highest BCUT2D eigenvalue weighted by Gasteiger charge is 2.31. The van der Waals surface area contributed by atoms with Crippen molar-refractivity contribution in [2.45, 2.75) is 76.8 Å². The fraction of sp³-hybridized carbons (Fsp3) is 0.750. The van der Waals surface area contributed by atoms with Gasteiger partial charge in [0.15, 0.2) is 0 Å². The molecule has 0 unspecified atom stereocenters. The van der Waals surface area contributed by atoms with E-state index in [2.05, 4.69) is 9.88 Å². The number of fused-ring (bicyclic) bond motifs is 1. The third kappa shape index (κ3) is 3.43. The molecule has 142 valence electrons. The number of H-pyrrole nitrogens is 1. The second kappa shape index (κ2) is 7.51. The fourth-order valence-electron chi connectivity index (χ4n) is 4.84. The van der Waals surface area contributed by atoms with E-state index in [4.69, 9.17) is 4.98 Å². The van der Waals surface area contributed by atoms with Crippen LogP contribution in [0.5, 0.6) is 0 Å². The van der Waals surface area contributed by atoms with Crippen LogP contribution < -0.4 is 5.56 Å². The number of likely N-dealkylation sites (tertiary alicyclic amines) is 1. The molecule has 1 amide bonds. The molecule has 1 aliphatic carbocycles. The van der Waals surface area contributed by atoms with E-state index in [1.54, 1.807) is 0 Å². The lowest BCUT2D eigenvalue weighted by Crippen LogP contribution is -2.41. The first-order valence-electron chi connectivity index (χ1n) is 10.3. The minimum atomic E-state index is 0.0365. The molecule has 3 aliphatic rings. The van der Waals surface area contributed by atoms with Crippen molar-refractivity contribution in [2.24, 2.45) is 0 Å². The van der Waals surface area contributed by atoms with Crippen LogP contribution in [-0.4, -0.2) is 51.4 Å². The standard InChI is InChI=1S/C20H30N4O2/c1-2-5-18(25)24-10-8-14(12-24)19-21-17-13-23(15-6-3-4-7-15)11-9-16(17)20(26)22-19/h14-15H,2-13H2,1H3,(H,21,22,26)/t14-/m1/s1. The van der Waals surface area contributed by atoms with E-state index in [0.717, 1.165) is 56.0 Å². The maximum atomic E-state index is 12.6. The first-order valence-corrected chi connectivity index (χ1v) is 10.3. The van der Waals surface area contributed by atoms with Gasteiger partial charge in [-0.15, -0.1) is 0 Å². The van der Waals surface area contributed by atoms with Crippen molar-refractivity contribution in [3.63, 3.8) is 0 Å². The lowest BCUT2D eigenvalue weighted by Gasteiger charge is -2.32. The molecule has 1 aromatic rings. The number of aromatic nitrogens is 2. The number of rotatable bonds is 4.